The van der Waals surface area contributed by atoms with Crippen LogP contribution in [0.1, 0.15) is 24.4 Å². The first-order valence-corrected chi connectivity index (χ1v) is 9.67. The molecule has 0 N–H and O–H groups in total. The average molecular weight is 378 g/mol. The number of ether oxygens (including phenoxy) is 1. The van der Waals surface area contributed by atoms with E-state index in [1.165, 1.54) is 11.3 Å². The lowest BCUT2D eigenvalue weighted by atomic mass is 10.1. The van der Waals surface area contributed by atoms with E-state index >= 15 is 0 Å². The molecule has 1 saturated heterocycles. The van der Waals surface area contributed by atoms with Crippen LogP contribution in [0.3, 0.4) is 0 Å². The van der Waals surface area contributed by atoms with Crippen LogP contribution in [0.2, 0.25) is 0 Å². The van der Waals surface area contributed by atoms with E-state index < -0.39 is 0 Å². The van der Waals surface area contributed by atoms with Gasteiger partial charge in [0.1, 0.15) is 5.75 Å². The Labute approximate surface area is 165 Å². The number of nitrogens with zero attached hydrogens (tertiary/aromatic N) is 4. The third-order valence-corrected chi connectivity index (χ3v) is 5.36. The number of hydrogen-bond donors (Lipinski definition) is 0. The number of methoxy groups -OCH3 is 1. The third kappa shape index (κ3) is 3.87. The first-order chi connectivity index (χ1) is 13.6. The summed E-state index contributed by atoms with van der Waals surface area (Å²) < 4.78 is 11.2. The smallest absolute Gasteiger partial charge is 0.247 e. The molecule has 0 spiro atoms. The predicted molar refractivity (Wildman–Crippen MR) is 110 cm³/mol. The molecule has 1 atom stereocenters. The molecule has 0 aliphatic carbocycles. The summed E-state index contributed by atoms with van der Waals surface area (Å²) in [5.41, 5.74) is 3.49. The second-order valence-electron chi connectivity index (χ2n) is 7.21. The summed E-state index contributed by atoms with van der Waals surface area (Å²) in [6, 6.07) is 16.4. The van der Waals surface area contributed by atoms with Crippen molar-refractivity contribution in [3.8, 4) is 17.2 Å². The number of anilines is 1. The Bertz CT molecular complexity index is 914. The number of aryl methyl sites for hydroxylation is 1. The van der Waals surface area contributed by atoms with Crippen molar-refractivity contribution in [2.75, 3.05) is 38.2 Å². The summed E-state index contributed by atoms with van der Waals surface area (Å²) in [4.78, 5) is 4.84. The Morgan fingerprint density at radius 3 is 2.43 bits per heavy atom. The van der Waals surface area contributed by atoms with Crippen LogP contribution in [0.25, 0.3) is 11.5 Å². The van der Waals surface area contributed by atoms with E-state index in [2.05, 4.69) is 58.1 Å². The number of aromatic nitrogens is 2. The van der Waals surface area contributed by atoms with Gasteiger partial charge in [-0.1, -0.05) is 12.1 Å². The van der Waals surface area contributed by atoms with E-state index in [1.54, 1.807) is 7.11 Å². The molecule has 0 bridgehead atoms. The van der Waals surface area contributed by atoms with Crippen LogP contribution in [0.5, 0.6) is 5.75 Å². The van der Waals surface area contributed by atoms with Gasteiger partial charge in [0.25, 0.3) is 0 Å². The minimum Gasteiger partial charge on any atom is -0.497 e. The maximum absolute atomic E-state index is 5.97. The van der Waals surface area contributed by atoms with Crippen LogP contribution >= 0.6 is 0 Å². The SMILES string of the molecule is COc1ccc(-c2nnc(C(C)N3CCN(c4cccc(C)c4)CC3)o2)cc1. The molecule has 4 rings (SSSR count). The first kappa shape index (κ1) is 18.5. The Balaban J connectivity index is 1.40. The lowest BCUT2D eigenvalue weighted by Gasteiger charge is -2.38. The monoisotopic (exact) mass is 378 g/mol. The van der Waals surface area contributed by atoms with E-state index in [-0.39, 0.29) is 6.04 Å². The summed E-state index contributed by atoms with van der Waals surface area (Å²) in [5, 5.41) is 8.53. The molecule has 0 saturated carbocycles. The Morgan fingerprint density at radius 2 is 1.75 bits per heavy atom. The summed E-state index contributed by atoms with van der Waals surface area (Å²) in [7, 11) is 1.65. The lowest BCUT2D eigenvalue weighted by molar-refractivity contribution is 0.174. The summed E-state index contributed by atoms with van der Waals surface area (Å²) in [6.07, 6.45) is 0. The maximum atomic E-state index is 5.97. The van der Waals surface area contributed by atoms with Crippen molar-refractivity contribution in [2.45, 2.75) is 19.9 Å². The molecule has 1 fully saturated rings. The van der Waals surface area contributed by atoms with Gasteiger partial charge in [-0.2, -0.15) is 0 Å². The molecule has 6 heteroatoms. The molecule has 28 heavy (non-hydrogen) atoms. The van der Waals surface area contributed by atoms with Crippen LogP contribution in [0.15, 0.2) is 52.9 Å². The van der Waals surface area contributed by atoms with Gasteiger partial charge in [-0.15, -0.1) is 10.2 Å². The predicted octanol–water partition coefficient (Wildman–Crippen LogP) is 3.94. The van der Waals surface area contributed by atoms with Crippen LogP contribution < -0.4 is 9.64 Å². The zero-order valence-corrected chi connectivity index (χ0v) is 16.6. The normalized spacial score (nSPS) is 16.2. The first-order valence-electron chi connectivity index (χ1n) is 9.67. The minimum absolute atomic E-state index is 0.0964. The van der Waals surface area contributed by atoms with Gasteiger partial charge in [0.2, 0.25) is 11.8 Å². The minimum atomic E-state index is 0.0964. The van der Waals surface area contributed by atoms with Gasteiger partial charge in [-0.05, 0) is 55.8 Å². The molecule has 1 aliphatic heterocycles. The Hall–Kier alpha value is -2.86. The van der Waals surface area contributed by atoms with Gasteiger partial charge < -0.3 is 14.1 Å². The summed E-state index contributed by atoms with van der Waals surface area (Å²) in [6.45, 7) is 8.19. The van der Waals surface area contributed by atoms with Crippen molar-refractivity contribution >= 4 is 5.69 Å². The third-order valence-electron chi connectivity index (χ3n) is 5.36. The Morgan fingerprint density at radius 1 is 1.00 bits per heavy atom. The highest BCUT2D eigenvalue weighted by atomic mass is 16.5. The molecule has 1 aromatic heterocycles. The number of benzene rings is 2. The highest BCUT2D eigenvalue weighted by Crippen LogP contribution is 2.27. The molecule has 3 aromatic rings. The second-order valence-corrected chi connectivity index (χ2v) is 7.21. The van der Waals surface area contributed by atoms with Crippen molar-refractivity contribution in [3.63, 3.8) is 0 Å². The molecular formula is C22H26N4O2. The molecular weight excluding hydrogens is 352 g/mol. The molecule has 0 radical (unpaired) electrons. The van der Waals surface area contributed by atoms with Gasteiger partial charge >= 0.3 is 0 Å². The van der Waals surface area contributed by atoms with Gasteiger partial charge in [0, 0.05) is 37.4 Å². The highest BCUT2D eigenvalue weighted by Gasteiger charge is 2.26. The fourth-order valence-corrected chi connectivity index (χ4v) is 3.60. The summed E-state index contributed by atoms with van der Waals surface area (Å²) in [5.74, 6) is 2.01. The average Bonchev–Trinajstić information content (AvgIpc) is 3.24. The zero-order valence-electron chi connectivity index (χ0n) is 16.6. The van der Waals surface area contributed by atoms with E-state index in [1.807, 2.05) is 24.3 Å². The van der Waals surface area contributed by atoms with Crippen molar-refractivity contribution in [1.82, 2.24) is 15.1 Å². The molecule has 1 aliphatic rings. The van der Waals surface area contributed by atoms with Crippen LogP contribution in [-0.2, 0) is 0 Å². The van der Waals surface area contributed by atoms with Crippen molar-refractivity contribution in [1.29, 1.82) is 0 Å². The number of rotatable bonds is 5. The van der Waals surface area contributed by atoms with Crippen LogP contribution in [0, 0.1) is 6.92 Å². The van der Waals surface area contributed by atoms with Crippen LogP contribution in [0.4, 0.5) is 5.69 Å². The second kappa shape index (κ2) is 8.02. The zero-order chi connectivity index (χ0) is 19.5. The standard InChI is InChI=1S/C22H26N4O2/c1-16-5-4-6-19(15-16)26-13-11-25(12-14-26)17(2)21-23-24-22(28-21)18-7-9-20(27-3)10-8-18/h4-10,15,17H,11-14H2,1-3H3. The van der Waals surface area contributed by atoms with Crippen molar-refractivity contribution in [3.05, 3.63) is 60.0 Å². The van der Waals surface area contributed by atoms with E-state index in [0.29, 0.717) is 11.8 Å². The largest absolute Gasteiger partial charge is 0.497 e. The van der Waals surface area contributed by atoms with Gasteiger partial charge in [0.15, 0.2) is 0 Å². The van der Waals surface area contributed by atoms with Gasteiger partial charge in [-0.25, -0.2) is 0 Å². The Kier molecular flexibility index (Phi) is 5.30. The van der Waals surface area contributed by atoms with Crippen LogP contribution in [-0.4, -0.2) is 48.4 Å². The number of hydrogen-bond acceptors (Lipinski definition) is 6. The molecule has 1 unspecified atom stereocenters. The molecule has 2 aromatic carbocycles. The quantitative estimate of drug-likeness (QED) is 0.670. The fraction of sp³-hybridized carbons (Fsp3) is 0.364. The molecule has 146 valence electrons. The summed E-state index contributed by atoms with van der Waals surface area (Å²) >= 11 is 0. The van der Waals surface area contributed by atoms with Gasteiger partial charge in [-0.3, -0.25) is 4.90 Å². The fourth-order valence-electron chi connectivity index (χ4n) is 3.60. The van der Waals surface area contributed by atoms with Gasteiger partial charge in [0.05, 0.1) is 13.2 Å². The highest BCUT2D eigenvalue weighted by molar-refractivity contribution is 5.54. The van der Waals surface area contributed by atoms with Crippen molar-refractivity contribution in [2.24, 2.45) is 0 Å². The topological polar surface area (TPSA) is 54.6 Å². The molecule has 2 heterocycles. The number of piperazine rings is 1. The van der Waals surface area contributed by atoms with Crippen molar-refractivity contribution < 1.29 is 9.15 Å². The van der Waals surface area contributed by atoms with E-state index in [4.69, 9.17) is 9.15 Å². The molecule has 0 amide bonds. The lowest BCUT2D eigenvalue weighted by Crippen LogP contribution is -2.47. The van der Waals surface area contributed by atoms with E-state index in [9.17, 15) is 0 Å². The van der Waals surface area contributed by atoms with E-state index in [0.717, 1.165) is 37.5 Å². The molecule has 6 nitrogen and oxygen atoms in total. The maximum Gasteiger partial charge on any atom is 0.247 e.